The zero-order valence-electron chi connectivity index (χ0n) is 17.9. The van der Waals surface area contributed by atoms with Gasteiger partial charge < -0.3 is 10.2 Å². The number of rotatable bonds is 7. The molecule has 166 valence electrons. The zero-order chi connectivity index (χ0) is 21.6. The highest BCUT2D eigenvalue weighted by molar-refractivity contribution is 7.11. The molecule has 0 saturated carbocycles. The number of aryl methyl sites for hydroxylation is 3. The van der Waals surface area contributed by atoms with Gasteiger partial charge in [0, 0.05) is 30.9 Å². The van der Waals surface area contributed by atoms with Crippen LogP contribution >= 0.6 is 11.3 Å². The summed E-state index contributed by atoms with van der Waals surface area (Å²) in [5.74, 6) is -0.423. The average molecular weight is 444 g/mol. The van der Waals surface area contributed by atoms with Gasteiger partial charge in [0.2, 0.25) is 11.8 Å². The molecule has 7 heteroatoms. The molecule has 2 aliphatic rings. The molecule has 1 N–H and O–H groups in total. The third-order valence-corrected chi connectivity index (χ3v) is 7.39. The number of hydrogen-bond acceptors (Lipinski definition) is 4. The van der Waals surface area contributed by atoms with Crippen molar-refractivity contribution in [2.75, 3.05) is 19.6 Å². The molecule has 0 radical (unpaired) electrons. The normalized spacial score (nSPS) is 18.5. The molecule has 0 bridgehead atoms. The Morgan fingerprint density at radius 3 is 2.77 bits per heavy atom. The quantitative estimate of drug-likeness (QED) is 0.664. The van der Waals surface area contributed by atoms with Gasteiger partial charge in [0.05, 0.1) is 23.0 Å². The van der Waals surface area contributed by atoms with Crippen molar-refractivity contribution in [3.8, 4) is 0 Å². The van der Waals surface area contributed by atoms with Crippen LogP contribution in [0.5, 0.6) is 0 Å². The van der Waals surface area contributed by atoms with E-state index in [1.54, 1.807) is 17.0 Å². The molecular formula is C24H30FN3O2S. The maximum absolute atomic E-state index is 13.1. The van der Waals surface area contributed by atoms with E-state index in [0.29, 0.717) is 19.6 Å². The van der Waals surface area contributed by atoms with Crippen molar-refractivity contribution < 1.29 is 14.0 Å². The molecule has 31 heavy (non-hydrogen) atoms. The van der Waals surface area contributed by atoms with Gasteiger partial charge in [-0.1, -0.05) is 12.1 Å². The summed E-state index contributed by atoms with van der Waals surface area (Å²) >= 11 is 1.84. The van der Waals surface area contributed by atoms with E-state index in [2.05, 4.69) is 5.32 Å². The summed E-state index contributed by atoms with van der Waals surface area (Å²) in [7, 11) is 0. The molecule has 1 aromatic heterocycles. The summed E-state index contributed by atoms with van der Waals surface area (Å²) in [5.41, 5.74) is 2.09. The summed E-state index contributed by atoms with van der Waals surface area (Å²) in [6, 6.07) is 6.02. The minimum Gasteiger partial charge on any atom is -0.356 e. The van der Waals surface area contributed by atoms with Gasteiger partial charge in [-0.2, -0.15) is 0 Å². The Hall–Kier alpha value is -2.28. The standard InChI is InChI=1S/C24H30FN3O2S/c25-19-11-9-17(10-12-19)15-23(29)28-14-4-5-18(16-28)24(30)26-13-3-8-22-27-20-6-1-2-7-21(20)31-22/h9-12,18H,1-8,13-16H2,(H,26,30). The van der Waals surface area contributed by atoms with E-state index in [1.807, 2.05) is 11.3 Å². The van der Waals surface area contributed by atoms with E-state index in [9.17, 15) is 14.0 Å². The van der Waals surface area contributed by atoms with Gasteiger partial charge >= 0.3 is 0 Å². The van der Waals surface area contributed by atoms with E-state index in [0.717, 1.165) is 37.7 Å². The highest BCUT2D eigenvalue weighted by Crippen LogP contribution is 2.27. The molecule has 1 atom stereocenters. The van der Waals surface area contributed by atoms with Crippen LogP contribution in [0.3, 0.4) is 0 Å². The molecule has 2 heterocycles. The van der Waals surface area contributed by atoms with E-state index in [4.69, 9.17) is 4.98 Å². The average Bonchev–Trinajstić information content (AvgIpc) is 3.21. The molecule has 2 aromatic rings. The largest absolute Gasteiger partial charge is 0.356 e. The molecule has 1 saturated heterocycles. The van der Waals surface area contributed by atoms with Crippen LogP contribution in [0.4, 0.5) is 4.39 Å². The second-order valence-corrected chi connectivity index (χ2v) is 9.73. The number of halogens is 1. The van der Waals surface area contributed by atoms with Crippen molar-refractivity contribution in [2.45, 2.75) is 57.8 Å². The second-order valence-electron chi connectivity index (χ2n) is 8.56. The fourth-order valence-corrected chi connectivity index (χ4v) is 5.61. The van der Waals surface area contributed by atoms with Gasteiger partial charge in [-0.25, -0.2) is 9.37 Å². The van der Waals surface area contributed by atoms with Crippen LogP contribution in [-0.4, -0.2) is 41.3 Å². The summed E-state index contributed by atoms with van der Waals surface area (Å²) in [5, 5.41) is 4.25. The van der Waals surface area contributed by atoms with Gasteiger partial charge in [0.1, 0.15) is 5.82 Å². The van der Waals surface area contributed by atoms with Crippen LogP contribution in [0.25, 0.3) is 0 Å². The van der Waals surface area contributed by atoms with Crippen LogP contribution < -0.4 is 5.32 Å². The predicted octanol–water partition coefficient (Wildman–Crippen LogP) is 3.69. The maximum Gasteiger partial charge on any atom is 0.227 e. The van der Waals surface area contributed by atoms with Crippen LogP contribution in [0, 0.1) is 11.7 Å². The first-order chi connectivity index (χ1) is 15.1. The predicted molar refractivity (Wildman–Crippen MR) is 119 cm³/mol. The Morgan fingerprint density at radius 1 is 1.16 bits per heavy atom. The maximum atomic E-state index is 13.1. The topological polar surface area (TPSA) is 62.3 Å². The van der Waals surface area contributed by atoms with E-state index < -0.39 is 0 Å². The Labute approximate surface area is 187 Å². The fourth-order valence-electron chi connectivity index (χ4n) is 4.41. The summed E-state index contributed by atoms with van der Waals surface area (Å²) in [6.45, 7) is 1.78. The minimum atomic E-state index is -0.305. The van der Waals surface area contributed by atoms with Gasteiger partial charge in [-0.3, -0.25) is 9.59 Å². The number of fused-ring (bicyclic) bond motifs is 1. The summed E-state index contributed by atoms with van der Waals surface area (Å²) in [4.78, 5) is 33.2. The first-order valence-corrected chi connectivity index (χ1v) is 12.2. The molecule has 1 fully saturated rings. The Morgan fingerprint density at radius 2 is 1.97 bits per heavy atom. The van der Waals surface area contributed by atoms with Gasteiger partial charge in [0.25, 0.3) is 0 Å². The molecule has 2 amide bonds. The molecule has 1 aliphatic heterocycles. The van der Waals surface area contributed by atoms with Crippen molar-refractivity contribution >= 4 is 23.2 Å². The van der Waals surface area contributed by atoms with Gasteiger partial charge in [0.15, 0.2) is 0 Å². The number of carbonyl (C=O) groups is 2. The number of amides is 2. The molecule has 1 aliphatic carbocycles. The number of benzene rings is 1. The SMILES string of the molecule is O=C(NCCCc1nc2c(s1)CCCC2)C1CCCN(C(=O)Cc2ccc(F)cc2)C1. The molecule has 1 aromatic carbocycles. The van der Waals surface area contributed by atoms with Crippen molar-refractivity contribution in [3.63, 3.8) is 0 Å². The third kappa shape index (κ3) is 5.91. The molecule has 1 unspecified atom stereocenters. The summed E-state index contributed by atoms with van der Waals surface area (Å²) < 4.78 is 13.1. The number of piperidine rings is 1. The van der Waals surface area contributed by atoms with Crippen LogP contribution in [-0.2, 0) is 35.3 Å². The van der Waals surface area contributed by atoms with Crippen molar-refractivity contribution in [1.82, 2.24) is 15.2 Å². The smallest absolute Gasteiger partial charge is 0.227 e. The number of aromatic nitrogens is 1. The lowest BCUT2D eigenvalue weighted by Crippen LogP contribution is -2.46. The Balaban J connectivity index is 1.20. The minimum absolute atomic E-state index is 0.00292. The number of thiazole rings is 1. The fraction of sp³-hybridized carbons (Fsp3) is 0.542. The lowest BCUT2D eigenvalue weighted by molar-refractivity contribution is -0.135. The number of hydrogen-bond donors (Lipinski definition) is 1. The zero-order valence-corrected chi connectivity index (χ0v) is 18.7. The Kier molecular flexibility index (Phi) is 7.33. The number of carbonyl (C=O) groups excluding carboxylic acids is 2. The van der Waals surface area contributed by atoms with E-state index >= 15 is 0 Å². The van der Waals surface area contributed by atoms with Crippen LogP contribution in [0.2, 0.25) is 0 Å². The lowest BCUT2D eigenvalue weighted by Gasteiger charge is -2.32. The number of nitrogens with one attached hydrogen (secondary N) is 1. The number of nitrogens with zero attached hydrogens (tertiary/aromatic N) is 2. The summed E-state index contributed by atoms with van der Waals surface area (Å²) in [6.07, 6.45) is 8.48. The molecule has 4 rings (SSSR count). The first-order valence-electron chi connectivity index (χ1n) is 11.4. The Bertz CT molecular complexity index is 889. The highest BCUT2D eigenvalue weighted by atomic mass is 32.1. The lowest BCUT2D eigenvalue weighted by atomic mass is 9.96. The monoisotopic (exact) mass is 443 g/mol. The molecule has 5 nitrogen and oxygen atoms in total. The first kappa shape index (κ1) is 21.9. The molecular weight excluding hydrogens is 413 g/mol. The van der Waals surface area contributed by atoms with Crippen molar-refractivity contribution in [3.05, 3.63) is 51.2 Å². The van der Waals surface area contributed by atoms with Crippen LogP contribution in [0.1, 0.15) is 53.2 Å². The number of likely N-dealkylation sites (tertiary alicyclic amines) is 1. The van der Waals surface area contributed by atoms with Gasteiger partial charge in [-0.05, 0) is 62.6 Å². The highest BCUT2D eigenvalue weighted by Gasteiger charge is 2.28. The van der Waals surface area contributed by atoms with Gasteiger partial charge in [-0.15, -0.1) is 11.3 Å². The second kappa shape index (κ2) is 10.4. The third-order valence-electron chi connectivity index (χ3n) is 6.17. The molecule has 0 spiro atoms. The van der Waals surface area contributed by atoms with Crippen molar-refractivity contribution in [2.24, 2.45) is 5.92 Å². The van der Waals surface area contributed by atoms with E-state index in [-0.39, 0.29) is 30.0 Å². The van der Waals surface area contributed by atoms with Crippen molar-refractivity contribution in [1.29, 1.82) is 0 Å². The van der Waals surface area contributed by atoms with E-state index in [1.165, 1.54) is 47.0 Å². The van der Waals surface area contributed by atoms with Crippen LogP contribution in [0.15, 0.2) is 24.3 Å².